The molecule has 0 spiro atoms. The van der Waals surface area contributed by atoms with E-state index in [4.69, 9.17) is 5.11 Å². The maximum absolute atomic E-state index is 9.07. The first-order valence-electron chi connectivity index (χ1n) is 5.63. The van der Waals surface area contributed by atoms with Gasteiger partial charge in [-0.15, -0.1) is 0 Å². The first-order chi connectivity index (χ1) is 8.11. The molecule has 1 heterocycles. The number of hydrogen-bond acceptors (Lipinski definition) is 3. The second-order valence-electron chi connectivity index (χ2n) is 4.29. The van der Waals surface area contributed by atoms with Crippen LogP contribution in [0.1, 0.15) is 22.5 Å². The zero-order chi connectivity index (χ0) is 12.4. The highest BCUT2D eigenvalue weighted by Gasteiger charge is 2.08. The molecule has 1 aromatic heterocycles. The fourth-order valence-corrected chi connectivity index (χ4v) is 2.20. The molecule has 0 atom stereocenters. The lowest BCUT2D eigenvalue weighted by Crippen LogP contribution is -1.98. The Balaban J connectivity index is 2.60. The molecule has 2 rings (SSSR count). The average molecular weight is 228 g/mol. The molecule has 0 saturated heterocycles. The number of nitrogens with zero attached hydrogens (tertiary/aromatic N) is 2. The van der Waals surface area contributed by atoms with Crippen LogP contribution < -0.4 is 0 Å². The summed E-state index contributed by atoms with van der Waals surface area (Å²) >= 11 is 0. The third kappa shape index (κ3) is 2.34. The van der Waals surface area contributed by atoms with Crippen molar-refractivity contribution in [3.8, 4) is 11.3 Å². The lowest BCUT2D eigenvalue weighted by atomic mass is 9.97. The second-order valence-corrected chi connectivity index (χ2v) is 4.29. The largest absolute Gasteiger partial charge is 0.388 e. The molecular weight excluding hydrogens is 212 g/mol. The van der Waals surface area contributed by atoms with E-state index < -0.39 is 0 Å². The normalized spacial score (nSPS) is 10.6. The van der Waals surface area contributed by atoms with Crippen molar-refractivity contribution in [1.29, 1.82) is 0 Å². The van der Waals surface area contributed by atoms with Crippen LogP contribution in [0.25, 0.3) is 11.3 Å². The predicted molar refractivity (Wildman–Crippen MR) is 67.6 cm³/mol. The van der Waals surface area contributed by atoms with Gasteiger partial charge in [-0.25, -0.2) is 9.97 Å². The van der Waals surface area contributed by atoms with Crippen LogP contribution in [0.15, 0.2) is 24.4 Å². The summed E-state index contributed by atoms with van der Waals surface area (Å²) in [5.41, 5.74) is 5.65. The molecule has 0 aliphatic heterocycles. The van der Waals surface area contributed by atoms with Gasteiger partial charge in [0.25, 0.3) is 0 Å². The van der Waals surface area contributed by atoms with Crippen molar-refractivity contribution in [2.75, 3.05) is 0 Å². The van der Waals surface area contributed by atoms with Gasteiger partial charge in [-0.1, -0.05) is 17.7 Å². The number of hydrogen-bond donors (Lipinski definition) is 1. The molecule has 1 aromatic carbocycles. The molecule has 0 fully saturated rings. The van der Waals surface area contributed by atoms with Crippen LogP contribution in [0.3, 0.4) is 0 Å². The van der Waals surface area contributed by atoms with Gasteiger partial charge in [0.1, 0.15) is 6.61 Å². The summed E-state index contributed by atoms with van der Waals surface area (Å²) in [5.74, 6) is 0.460. The first-order valence-corrected chi connectivity index (χ1v) is 5.63. The Morgan fingerprint density at radius 1 is 1.12 bits per heavy atom. The molecule has 17 heavy (non-hydrogen) atoms. The van der Waals surface area contributed by atoms with Gasteiger partial charge in [0.15, 0.2) is 5.82 Å². The van der Waals surface area contributed by atoms with E-state index in [0.29, 0.717) is 5.82 Å². The molecule has 2 aromatic rings. The quantitative estimate of drug-likeness (QED) is 0.859. The number of aromatic nitrogens is 2. The van der Waals surface area contributed by atoms with E-state index in [2.05, 4.69) is 42.9 Å². The highest BCUT2D eigenvalue weighted by molar-refractivity contribution is 5.67. The van der Waals surface area contributed by atoms with Gasteiger partial charge in [0.05, 0.1) is 5.69 Å². The molecule has 0 amide bonds. The maximum Gasteiger partial charge on any atom is 0.154 e. The number of rotatable bonds is 2. The minimum Gasteiger partial charge on any atom is -0.388 e. The Labute approximate surface area is 101 Å². The van der Waals surface area contributed by atoms with Crippen molar-refractivity contribution in [1.82, 2.24) is 9.97 Å². The van der Waals surface area contributed by atoms with Crippen LogP contribution in [0, 0.1) is 20.8 Å². The lowest BCUT2D eigenvalue weighted by molar-refractivity contribution is 0.271. The number of aliphatic hydroxyl groups is 1. The highest BCUT2D eigenvalue weighted by atomic mass is 16.3. The number of aliphatic hydroxyl groups excluding tert-OH is 1. The van der Waals surface area contributed by atoms with Crippen LogP contribution in [0.2, 0.25) is 0 Å². The fourth-order valence-electron chi connectivity index (χ4n) is 2.20. The Kier molecular flexibility index (Phi) is 3.20. The summed E-state index contributed by atoms with van der Waals surface area (Å²) in [7, 11) is 0. The zero-order valence-electron chi connectivity index (χ0n) is 10.4. The molecule has 3 heteroatoms. The fraction of sp³-hybridized carbons (Fsp3) is 0.286. The summed E-state index contributed by atoms with van der Waals surface area (Å²) in [6.45, 7) is 6.12. The molecule has 88 valence electrons. The standard InChI is InChI=1S/C14H16N2O/c1-9-6-10(2)14(11(3)7-9)12-4-5-15-13(8-17)16-12/h4-7,17H,8H2,1-3H3. The van der Waals surface area contributed by atoms with Crippen molar-refractivity contribution >= 4 is 0 Å². The van der Waals surface area contributed by atoms with E-state index in [0.717, 1.165) is 11.3 Å². The zero-order valence-corrected chi connectivity index (χ0v) is 10.4. The van der Waals surface area contributed by atoms with E-state index >= 15 is 0 Å². The van der Waals surface area contributed by atoms with Gasteiger partial charge < -0.3 is 5.11 Å². The minimum absolute atomic E-state index is 0.127. The third-order valence-corrected chi connectivity index (χ3v) is 2.78. The van der Waals surface area contributed by atoms with Crippen LogP contribution >= 0.6 is 0 Å². The maximum atomic E-state index is 9.07. The molecular formula is C14H16N2O. The average Bonchev–Trinajstić information content (AvgIpc) is 2.28. The molecule has 0 unspecified atom stereocenters. The Bertz CT molecular complexity index is 527. The molecule has 0 saturated carbocycles. The van der Waals surface area contributed by atoms with Gasteiger partial charge in [-0.3, -0.25) is 0 Å². The van der Waals surface area contributed by atoms with Crippen LogP contribution in [0.4, 0.5) is 0 Å². The predicted octanol–water partition coefficient (Wildman–Crippen LogP) is 2.56. The Morgan fingerprint density at radius 3 is 2.35 bits per heavy atom. The SMILES string of the molecule is Cc1cc(C)c(-c2ccnc(CO)n2)c(C)c1. The molecule has 0 radical (unpaired) electrons. The molecule has 0 bridgehead atoms. The highest BCUT2D eigenvalue weighted by Crippen LogP contribution is 2.26. The van der Waals surface area contributed by atoms with Crippen LogP contribution in [-0.2, 0) is 6.61 Å². The smallest absolute Gasteiger partial charge is 0.154 e. The molecule has 3 nitrogen and oxygen atoms in total. The monoisotopic (exact) mass is 228 g/mol. The minimum atomic E-state index is -0.127. The van der Waals surface area contributed by atoms with Crippen LogP contribution in [0.5, 0.6) is 0 Å². The summed E-state index contributed by atoms with van der Waals surface area (Å²) in [6, 6.07) is 6.16. The molecule has 0 aliphatic carbocycles. The van der Waals surface area contributed by atoms with E-state index in [1.165, 1.54) is 16.7 Å². The van der Waals surface area contributed by atoms with E-state index in [1.54, 1.807) is 6.20 Å². The van der Waals surface area contributed by atoms with Gasteiger partial charge in [0.2, 0.25) is 0 Å². The summed E-state index contributed by atoms with van der Waals surface area (Å²) in [4.78, 5) is 8.35. The third-order valence-electron chi connectivity index (χ3n) is 2.78. The van der Waals surface area contributed by atoms with Gasteiger partial charge in [-0.2, -0.15) is 0 Å². The molecule has 0 aliphatic rings. The summed E-state index contributed by atoms with van der Waals surface area (Å²) in [5, 5.41) is 9.07. The number of aryl methyl sites for hydroxylation is 3. The van der Waals surface area contributed by atoms with E-state index in [1.807, 2.05) is 6.07 Å². The van der Waals surface area contributed by atoms with Crippen molar-refractivity contribution in [3.05, 3.63) is 46.9 Å². The van der Waals surface area contributed by atoms with Crippen molar-refractivity contribution in [2.24, 2.45) is 0 Å². The van der Waals surface area contributed by atoms with Gasteiger partial charge in [0, 0.05) is 11.8 Å². The first kappa shape index (κ1) is 11.7. The van der Waals surface area contributed by atoms with E-state index in [9.17, 15) is 0 Å². The summed E-state index contributed by atoms with van der Waals surface area (Å²) in [6.07, 6.45) is 1.69. The Morgan fingerprint density at radius 2 is 1.76 bits per heavy atom. The van der Waals surface area contributed by atoms with Crippen molar-refractivity contribution in [3.63, 3.8) is 0 Å². The summed E-state index contributed by atoms with van der Waals surface area (Å²) < 4.78 is 0. The second kappa shape index (κ2) is 4.63. The lowest BCUT2D eigenvalue weighted by Gasteiger charge is -2.11. The van der Waals surface area contributed by atoms with Crippen LogP contribution in [-0.4, -0.2) is 15.1 Å². The van der Waals surface area contributed by atoms with Gasteiger partial charge >= 0.3 is 0 Å². The van der Waals surface area contributed by atoms with Crippen molar-refractivity contribution < 1.29 is 5.11 Å². The van der Waals surface area contributed by atoms with E-state index in [-0.39, 0.29) is 6.61 Å². The van der Waals surface area contributed by atoms with Gasteiger partial charge in [-0.05, 0) is 38.0 Å². The topological polar surface area (TPSA) is 46.0 Å². The van der Waals surface area contributed by atoms with Crippen molar-refractivity contribution in [2.45, 2.75) is 27.4 Å². The molecule has 1 N–H and O–H groups in total. The Hall–Kier alpha value is -1.74. The number of benzene rings is 1.